The summed E-state index contributed by atoms with van der Waals surface area (Å²) in [7, 11) is -3.38. The molecule has 0 spiro atoms. The van der Waals surface area contributed by atoms with Crippen molar-refractivity contribution in [2.75, 3.05) is 31.1 Å². The van der Waals surface area contributed by atoms with E-state index in [2.05, 4.69) is 5.32 Å². The molecule has 0 radical (unpaired) electrons. The van der Waals surface area contributed by atoms with Gasteiger partial charge in [-0.25, -0.2) is 8.42 Å². The lowest BCUT2D eigenvalue weighted by Crippen LogP contribution is -2.50. The Morgan fingerprint density at radius 3 is 2.83 bits per heavy atom. The third-order valence-electron chi connectivity index (χ3n) is 3.73. The lowest BCUT2D eigenvalue weighted by Gasteiger charge is -2.36. The van der Waals surface area contributed by atoms with Gasteiger partial charge in [-0.3, -0.25) is 4.79 Å². The number of rotatable bonds is 5. The van der Waals surface area contributed by atoms with Crippen LogP contribution < -0.4 is 5.32 Å². The SMILES string of the molecule is CC(C)CS(=O)(=O)CC(=O)N1CCNCC1c1cccc(Cl)c1. The first-order valence-electron chi connectivity index (χ1n) is 7.74. The summed E-state index contributed by atoms with van der Waals surface area (Å²) in [6, 6.07) is 7.16. The quantitative estimate of drug-likeness (QED) is 0.872. The van der Waals surface area contributed by atoms with E-state index < -0.39 is 15.6 Å². The second-order valence-corrected chi connectivity index (χ2v) is 8.86. The number of nitrogens with one attached hydrogen (secondary N) is 1. The highest BCUT2D eigenvalue weighted by atomic mass is 35.5. The molecule has 0 bridgehead atoms. The third-order valence-corrected chi connectivity index (χ3v) is 5.82. The summed E-state index contributed by atoms with van der Waals surface area (Å²) in [6.45, 7) is 5.42. The average molecular weight is 359 g/mol. The van der Waals surface area contributed by atoms with Gasteiger partial charge in [0.1, 0.15) is 5.75 Å². The Hall–Kier alpha value is -1.11. The Labute approximate surface area is 142 Å². The summed E-state index contributed by atoms with van der Waals surface area (Å²) < 4.78 is 24.2. The summed E-state index contributed by atoms with van der Waals surface area (Å²) in [5, 5.41) is 3.85. The Morgan fingerprint density at radius 2 is 2.17 bits per heavy atom. The number of hydrogen-bond donors (Lipinski definition) is 1. The molecule has 1 saturated heterocycles. The van der Waals surface area contributed by atoms with Gasteiger partial charge in [-0.1, -0.05) is 37.6 Å². The van der Waals surface area contributed by atoms with E-state index in [1.165, 1.54) is 0 Å². The molecule has 0 aromatic heterocycles. The number of hydrogen-bond acceptors (Lipinski definition) is 4. The van der Waals surface area contributed by atoms with E-state index in [0.29, 0.717) is 24.7 Å². The largest absolute Gasteiger partial charge is 0.332 e. The molecule has 1 amide bonds. The fraction of sp³-hybridized carbons (Fsp3) is 0.562. The van der Waals surface area contributed by atoms with Crippen LogP contribution in [0.15, 0.2) is 24.3 Å². The minimum Gasteiger partial charge on any atom is -0.332 e. The molecule has 1 aliphatic rings. The van der Waals surface area contributed by atoms with Crippen molar-refractivity contribution in [3.63, 3.8) is 0 Å². The maximum absolute atomic E-state index is 12.5. The average Bonchev–Trinajstić information content (AvgIpc) is 2.45. The second kappa shape index (κ2) is 7.64. The van der Waals surface area contributed by atoms with E-state index in [9.17, 15) is 13.2 Å². The monoisotopic (exact) mass is 358 g/mol. The van der Waals surface area contributed by atoms with E-state index in [0.717, 1.165) is 5.56 Å². The smallest absolute Gasteiger partial charge is 0.238 e. The maximum Gasteiger partial charge on any atom is 0.238 e. The van der Waals surface area contributed by atoms with E-state index in [1.807, 2.05) is 32.0 Å². The van der Waals surface area contributed by atoms with Crippen molar-refractivity contribution in [3.05, 3.63) is 34.9 Å². The molecule has 1 heterocycles. The molecule has 0 saturated carbocycles. The summed E-state index contributed by atoms with van der Waals surface area (Å²) in [5.74, 6) is -0.716. The van der Waals surface area contributed by atoms with E-state index in [-0.39, 0.29) is 23.6 Å². The topological polar surface area (TPSA) is 66.5 Å². The normalized spacial score (nSPS) is 19.1. The van der Waals surface area contributed by atoms with Crippen molar-refractivity contribution in [3.8, 4) is 0 Å². The number of sulfone groups is 1. The molecule has 128 valence electrons. The number of piperazine rings is 1. The van der Waals surface area contributed by atoms with Crippen LogP contribution in [0, 0.1) is 5.92 Å². The first-order chi connectivity index (χ1) is 10.8. The van der Waals surface area contributed by atoms with E-state index >= 15 is 0 Å². The molecule has 23 heavy (non-hydrogen) atoms. The predicted molar refractivity (Wildman–Crippen MR) is 92.3 cm³/mol. The summed E-state index contributed by atoms with van der Waals surface area (Å²) in [5.41, 5.74) is 0.916. The van der Waals surface area contributed by atoms with Gasteiger partial charge in [-0.05, 0) is 23.6 Å². The van der Waals surface area contributed by atoms with Crippen molar-refractivity contribution in [1.82, 2.24) is 10.2 Å². The van der Waals surface area contributed by atoms with Gasteiger partial charge in [0, 0.05) is 24.7 Å². The maximum atomic E-state index is 12.5. The molecule has 0 aliphatic carbocycles. The molecule has 2 rings (SSSR count). The first-order valence-corrected chi connectivity index (χ1v) is 9.94. The Morgan fingerprint density at radius 1 is 1.43 bits per heavy atom. The van der Waals surface area contributed by atoms with Crippen molar-refractivity contribution in [2.24, 2.45) is 5.92 Å². The van der Waals surface area contributed by atoms with Gasteiger partial charge < -0.3 is 10.2 Å². The molecule has 1 atom stereocenters. The second-order valence-electron chi connectivity index (χ2n) is 6.31. The molecule has 1 aromatic carbocycles. The van der Waals surface area contributed by atoms with Crippen LogP contribution >= 0.6 is 11.6 Å². The van der Waals surface area contributed by atoms with Crippen LogP contribution in [-0.2, 0) is 14.6 Å². The zero-order chi connectivity index (χ0) is 17.0. The van der Waals surface area contributed by atoms with Gasteiger partial charge in [0.05, 0.1) is 11.8 Å². The van der Waals surface area contributed by atoms with E-state index in [1.54, 1.807) is 11.0 Å². The Kier molecular flexibility index (Phi) is 6.06. The molecule has 1 aliphatic heterocycles. The lowest BCUT2D eigenvalue weighted by molar-refractivity contribution is -0.131. The highest BCUT2D eigenvalue weighted by Gasteiger charge is 2.30. The van der Waals surface area contributed by atoms with Crippen LogP contribution in [0.4, 0.5) is 0 Å². The minimum absolute atomic E-state index is 0.0135. The zero-order valence-corrected chi connectivity index (χ0v) is 15.0. The summed E-state index contributed by atoms with van der Waals surface area (Å²) in [6.07, 6.45) is 0. The molecule has 1 fully saturated rings. The number of amides is 1. The number of halogens is 1. The molecular formula is C16H23ClN2O3S. The fourth-order valence-corrected chi connectivity index (χ4v) is 4.73. The molecule has 1 unspecified atom stereocenters. The van der Waals surface area contributed by atoms with E-state index in [4.69, 9.17) is 11.6 Å². The fourth-order valence-electron chi connectivity index (χ4n) is 2.85. The number of carbonyl (C=O) groups is 1. The highest BCUT2D eigenvalue weighted by molar-refractivity contribution is 7.92. The lowest BCUT2D eigenvalue weighted by atomic mass is 10.0. The van der Waals surface area contributed by atoms with Crippen LogP contribution in [0.5, 0.6) is 0 Å². The summed E-state index contributed by atoms with van der Waals surface area (Å²) >= 11 is 6.04. The standard InChI is InChI=1S/C16H23ClN2O3S/c1-12(2)10-23(21,22)11-16(20)19-7-6-18-9-15(19)13-4-3-5-14(17)8-13/h3-5,8,12,15,18H,6-7,9-11H2,1-2H3. The van der Waals surface area contributed by atoms with Gasteiger partial charge in [0.2, 0.25) is 5.91 Å². The van der Waals surface area contributed by atoms with Crippen LogP contribution in [-0.4, -0.2) is 50.4 Å². The first kappa shape index (κ1) is 18.2. The van der Waals surface area contributed by atoms with Gasteiger partial charge in [0.15, 0.2) is 9.84 Å². The molecular weight excluding hydrogens is 336 g/mol. The Balaban J connectivity index is 2.16. The molecule has 1 aromatic rings. The van der Waals surface area contributed by atoms with Crippen LogP contribution in [0.1, 0.15) is 25.5 Å². The summed E-state index contributed by atoms with van der Waals surface area (Å²) in [4.78, 5) is 14.2. The van der Waals surface area contributed by atoms with Gasteiger partial charge in [-0.2, -0.15) is 0 Å². The third kappa shape index (κ3) is 5.19. The van der Waals surface area contributed by atoms with Crippen LogP contribution in [0.2, 0.25) is 5.02 Å². The van der Waals surface area contributed by atoms with Crippen LogP contribution in [0.3, 0.4) is 0 Å². The minimum atomic E-state index is -3.38. The van der Waals surface area contributed by atoms with Gasteiger partial charge >= 0.3 is 0 Å². The van der Waals surface area contributed by atoms with Gasteiger partial charge in [-0.15, -0.1) is 0 Å². The van der Waals surface area contributed by atoms with Gasteiger partial charge in [0.25, 0.3) is 0 Å². The number of nitrogens with zero attached hydrogens (tertiary/aromatic N) is 1. The molecule has 5 nitrogen and oxygen atoms in total. The molecule has 7 heteroatoms. The van der Waals surface area contributed by atoms with Crippen LogP contribution in [0.25, 0.3) is 0 Å². The Bertz CT molecular complexity index is 661. The number of benzene rings is 1. The van der Waals surface area contributed by atoms with Crippen molar-refractivity contribution in [2.45, 2.75) is 19.9 Å². The zero-order valence-electron chi connectivity index (χ0n) is 13.5. The highest BCUT2D eigenvalue weighted by Crippen LogP contribution is 2.25. The molecule has 1 N–H and O–H groups in total. The van der Waals surface area contributed by atoms with Crippen molar-refractivity contribution >= 4 is 27.3 Å². The number of carbonyl (C=O) groups excluding carboxylic acids is 1. The van der Waals surface area contributed by atoms with Crippen molar-refractivity contribution < 1.29 is 13.2 Å². The predicted octanol–water partition coefficient (Wildman–Crippen LogP) is 1.88. The van der Waals surface area contributed by atoms with Crippen molar-refractivity contribution in [1.29, 1.82) is 0 Å².